The number of nitrogens with zero attached hydrogens (tertiary/aromatic N) is 3. The summed E-state index contributed by atoms with van der Waals surface area (Å²) in [6.45, 7) is 5.04. The zero-order valence-corrected chi connectivity index (χ0v) is 19.1. The maximum absolute atomic E-state index is 11.1. The first-order valence-electron chi connectivity index (χ1n) is 10.5. The Balaban J connectivity index is 1.79. The second-order valence-corrected chi connectivity index (χ2v) is 7.52. The molecule has 2 aromatic heterocycles. The van der Waals surface area contributed by atoms with Crippen LogP contribution in [0, 0.1) is 13.8 Å². The van der Waals surface area contributed by atoms with Crippen molar-refractivity contribution in [2.24, 2.45) is 0 Å². The Morgan fingerprint density at radius 2 is 1.97 bits per heavy atom. The van der Waals surface area contributed by atoms with Crippen LogP contribution in [0.4, 0.5) is 0 Å². The molecule has 3 rings (SSSR count). The summed E-state index contributed by atoms with van der Waals surface area (Å²) in [5.41, 5.74) is 4.06. The van der Waals surface area contributed by atoms with Gasteiger partial charge >= 0.3 is 0 Å². The third kappa shape index (κ3) is 6.05. The number of aliphatic hydroxyl groups excluding tert-OH is 2. The number of amides is 1. The third-order valence-corrected chi connectivity index (χ3v) is 4.86. The molecule has 0 aliphatic rings. The molecule has 0 fully saturated rings. The van der Waals surface area contributed by atoms with E-state index in [1.165, 1.54) is 7.11 Å². The zero-order chi connectivity index (χ0) is 24.0. The first kappa shape index (κ1) is 24.1. The van der Waals surface area contributed by atoms with E-state index in [2.05, 4.69) is 20.4 Å². The number of hydrogen-bond donors (Lipinski definition) is 3. The van der Waals surface area contributed by atoms with Crippen LogP contribution in [0.25, 0.3) is 22.8 Å². The number of nitrogens with one attached hydrogen (secondary N) is 1. The van der Waals surface area contributed by atoms with Gasteiger partial charge in [0.1, 0.15) is 19.3 Å². The van der Waals surface area contributed by atoms with E-state index >= 15 is 0 Å². The number of rotatable bonds is 10. The highest BCUT2D eigenvalue weighted by Gasteiger charge is 2.18. The SMILES string of the molecule is CCc1cc(-c2nc(-c3cc(C)c(OCC(O)CNC(=O)CO)c(OC)c3)no2)cc(C)n1. The lowest BCUT2D eigenvalue weighted by molar-refractivity contribution is -0.124. The van der Waals surface area contributed by atoms with Crippen molar-refractivity contribution >= 4 is 5.91 Å². The molecule has 0 radical (unpaired) electrons. The Kier molecular flexibility index (Phi) is 7.96. The molecule has 2 heterocycles. The van der Waals surface area contributed by atoms with E-state index in [1.807, 2.05) is 39.0 Å². The van der Waals surface area contributed by atoms with Gasteiger partial charge in [-0.2, -0.15) is 4.98 Å². The summed E-state index contributed by atoms with van der Waals surface area (Å²) < 4.78 is 16.7. The molecular weight excluding hydrogens is 428 g/mol. The topological polar surface area (TPSA) is 140 Å². The summed E-state index contributed by atoms with van der Waals surface area (Å²) in [7, 11) is 1.51. The Morgan fingerprint density at radius 1 is 1.18 bits per heavy atom. The summed E-state index contributed by atoms with van der Waals surface area (Å²) in [6.07, 6.45) is -0.156. The van der Waals surface area contributed by atoms with Crippen molar-refractivity contribution < 1.29 is 29.0 Å². The molecule has 0 saturated heterocycles. The Hall–Kier alpha value is -3.50. The van der Waals surface area contributed by atoms with Crippen LogP contribution >= 0.6 is 0 Å². The number of carbonyl (C=O) groups excluding carboxylic acids is 1. The fourth-order valence-corrected chi connectivity index (χ4v) is 3.23. The molecule has 1 atom stereocenters. The Labute approximate surface area is 191 Å². The predicted octanol–water partition coefficient (Wildman–Crippen LogP) is 1.83. The summed E-state index contributed by atoms with van der Waals surface area (Å²) >= 11 is 0. The molecule has 10 nitrogen and oxygen atoms in total. The number of methoxy groups -OCH3 is 1. The molecule has 3 N–H and O–H groups in total. The molecule has 0 aliphatic heterocycles. The van der Waals surface area contributed by atoms with Crippen LogP contribution < -0.4 is 14.8 Å². The lowest BCUT2D eigenvalue weighted by Crippen LogP contribution is -2.36. The summed E-state index contributed by atoms with van der Waals surface area (Å²) in [4.78, 5) is 20.1. The third-order valence-electron chi connectivity index (χ3n) is 4.86. The quantitative estimate of drug-likeness (QED) is 0.417. The molecule has 176 valence electrons. The van der Waals surface area contributed by atoms with Gasteiger partial charge in [-0.05, 0) is 50.1 Å². The van der Waals surface area contributed by atoms with Crippen LogP contribution in [0.5, 0.6) is 11.5 Å². The molecule has 3 aromatic rings. The molecule has 0 aliphatic carbocycles. The maximum Gasteiger partial charge on any atom is 0.258 e. The lowest BCUT2D eigenvalue weighted by Gasteiger charge is -2.17. The van der Waals surface area contributed by atoms with Gasteiger partial charge in [-0.1, -0.05) is 12.1 Å². The highest BCUT2D eigenvalue weighted by Crippen LogP contribution is 2.36. The summed E-state index contributed by atoms with van der Waals surface area (Å²) in [6, 6.07) is 7.39. The van der Waals surface area contributed by atoms with Gasteiger partial charge in [-0.15, -0.1) is 0 Å². The van der Waals surface area contributed by atoms with Crippen LogP contribution in [0.3, 0.4) is 0 Å². The van der Waals surface area contributed by atoms with Gasteiger partial charge in [-0.3, -0.25) is 9.78 Å². The van der Waals surface area contributed by atoms with E-state index < -0.39 is 18.6 Å². The second kappa shape index (κ2) is 10.9. The van der Waals surface area contributed by atoms with Crippen LogP contribution in [0.15, 0.2) is 28.8 Å². The molecule has 1 aromatic carbocycles. The monoisotopic (exact) mass is 456 g/mol. The van der Waals surface area contributed by atoms with Crippen molar-refractivity contribution in [3.05, 3.63) is 41.2 Å². The van der Waals surface area contributed by atoms with Gasteiger partial charge in [0.25, 0.3) is 5.89 Å². The number of aromatic nitrogens is 3. The van der Waals surface area contributed by atoms with Gasteiger partial charge in [-0.25, -0.2) is 0 Å². The predicted molar refractivity (Wildman–Crippen MR) is 120 cm³/mol. The maximum atomic E-state index is 11.1. The molecule has 0 bridgehead atoms. The average molecular weight is 456 g/mol. The largest absolute Gasteiger partial charge is 0.493 e. The van der Waals surface area contributed by atoms with Gasteiger partial charge in [0, 0.05) is 29.1 Å². The van der Waals surface area contributed by atoms with Crippen molar-refractivity contribution in [2.45, 2.75) is 33.3 Å². The first-order valence-corrected chi connectivity index (χ1v) is 10.5. The standard InChI is InChI=1S/C23H28N4O6/c1-5-17-8-16(7-14(3)25-17)23-26-22(27-33-23)15-6-13(2)21(19(9-15)31-4)32-12-18(29)10-24-20(30)11-28/h6-9,18,28-29H,5,10-12H2,1-4H3,(H,24,30). The number of carbonyl (C=O) groups is 1. The minimum Gasteiger partial charge on any atom is -0.493 e. The van der Waals surface area contributed by atoms with Crippen molar-refractivity contribution in [1.29, 1.82) is 0 Å². The normalized spacial score (nSPS) is 11.8. The van der Waals surface area contributed by atoms with Crippen molar-refractivity contribution in [2.75, 3.05) is 26.9 Å². The van der Waals surface area contributed by atoms with Gasteiger partial charge in [0.2, 0.25) is 11.7 Å². The molecule has 1 unspecified atom stereocenters. The molecule has 1 amide bonds. The fourth-order valence-electron chi connectivity index (χ4n) is 3.23. The minimum absolute atomic E-state index is 0.0430. The van der Waals surface area contributed by atoms with Gasteiger partial charge < -0.3 is 29.5 Å². The Morgan fingerprint density at radius 3 is 2.67 bits per heavy atom. The second-order valence-electron chi connectivity index (χ2n) is 7.52. The molecular formula is C23H28N4O6. The first-order chi connectivity index (χ1) is 15.8. The van der Waals surface area contributed by atoms with Crippen molar-refractivity contribution in [1.82, 2.24) is 20.4 Å². The van der Waals surface area contributed by atoms with Gasteiger partial charge in [0.15, 0.2) is 11.5 Å². The van der Waals surface area contributed by atoms with E-state index in [-0.39, 0.29) is 13.2 Å². The smallest absolute Gasteiger partial charge is 0.258 e. The van der Waals surface area contributed by atoms with E-state index in [1.54, 1.807) is 6.07 Å². The van der Waals surface area contributed by atoms with E-state index in [4.69, 9.17) is 19.1 Å². The number of hydrogen-bond acceptors (Lipinski definition) is 9. The zero-order valence-electron chi connectivity index (χ0n) is 19.1. The Bertz CT molecular complexity index is 1110. The van der Waals surface area contributed by atoms with Crippen molar-refractivity contribution in [3.63, 3.8) is 0 Å². The number of ether oxygens (including phenoxy) is 2. The summed E-state index contributed by atoms with van der Waals surface area (Å²) in [5.74, 6) is 1.12. The number of benzene rings is 1. The van der Waals surface area contributed by atoms with E-state index in [9.17, 15) is 9.90 Å². The highest BCUT2D eigenvalue weighted by molar-refractivity contribution is 5.76. The van der Waals surface area contributed by atoms with Crippen molar-refractivity contribution in [3.8, 4) is 34.3 Å². The molecule has 33 heavy (non-hydrogen) atoms. The lowest BCUT2D eigenvalue weighted by atomic mass is 10.1. The van der Waals surface area contributed by atoms with E-state index in [0.29, 0.717) is 28.8 Å². The minimum atomic E-state index is -0.958. The fraction of sp³-hybridized carbons (Fsp3) is 0.391. The van der Waals surface area contributed by atoms with E-state index in [0.717, 1.165) is 28.9 Å². The van der Waals surface area contributed by atoms with Crippen LogP contribution in [0.1, 0.15) is 23.9 Å². The summed E-state index contributed by atoms with van der Waals surface area (Å²) in [5, 5.41) is 25.2. The molecule has 0 spiro atoms. The van der Waals surface area contributed by atoms with Gasteiger partial charge in [0.05, 0.1) is 7.11 Å². The van der Waals surface area contributed by atoms with Crippen LogP contribution in [-0.4, -0.2) is 64.2 Å². The molecule has 0 saturated carbocycles. The van der Waals surface area contributed by atoms with Crippen LogP contribution in [-0.2, 0) is 11.2 Å². The van der Waals surface area contributed by atoms with Crippen LogP contribution in [0.2, 0.25) is 0 Å². The molecule has 10 heteroatoms. The highest BCUT2D eigenvalue weighted by atomic mass is 16.5. The number of pyridine rings is 1. The number of aliphatic hydroxyl groups is 2. The average Bonchev–Trinajstić information content (AvgIpc) is 3.31. The number of aryl methyl sites for hydroxylation is 3.